The summed E-state index contributed by atoms with van der Waals surface area (Å²) >= 11 is 0. The quantitative estimate of drug-likeness (QED) is 0.0879. The Balaban J connectivity index is 0.00000840. The van der Waals surface area contributed by atoms with Crippen molar-refractivity contribution in [1.82, 2.24) is 9.80 Å². The molecule has 0 bridgehead atoms. The summed E-state index contributed by atoms with van der Waals surface area (Å²) in [5.74, 6) is -3.36. The number of phenolic OH excluding ortho intramolecular Hbond substituents is 2. The molecule has 2 atom stereocenters. The summed E-state index contributed by atoms with van der Waals surface area (Å²) in [6.45, 7) is -5.81. The fraction of sp³-hybridized carbons (Fsp3) is 0.462. The molecule has 0 radical (unpaired) electrons. The fourth-order valence-electron chi connectivity index (χ4n) is 4.74. The first-order valence-corrected chi connectivity index (χ1v) is 12.3. The summed E-state index contributed by atoms with van der Waals surface area (Å²) < 4.78 is 0. The Hall–Kier alpha value is -2.82. The van der Waals surface area contributed by atoms with E-state index in [-0.39, 0.29) is 69.5 Å². The van der Waals surface area contributed by atoms with Crippen molar-refractivity contribution in [2.45, 2.75) is 51.6 Å². The molecule has 10 N–H and O–H groups in total. The minimum absolute atomic E-state index is 0. The van der Waals surface area contributed by atoms with Crippen molar-refractivity contribution in [2.24, 2.45) is 0 Å². The van der Waals surface area contributed by atoms with E-state index in [9.17, 15) is 60.7 Å². The summed E-state index contributed by atoms with van der Waals surface area (Å²) in [5.41, 5.74) is 1.04. The summed E-state index contributed by atoms with van der Waals surface area (Å²) in [6.07, 6.45) is 0. The summed E-state index contributed by atoms with van der Waals surface area (Å²) in [5, 5.41) is 99.7. The summed E-state index contributed by atoms with van der Waals surface area (Å²) in [4.78, 5) is 25.9. The number of hydrogen-bond donors (Lipinski definition) is 10. The molecular formula is C26H36FeN2O12+2. The minimum Gasteiger partial charge on any atom is -0.508 e. The molecule has 15 heteroatoms. The third-order valence-corrected chi connectivity index (χ3v) is 6.72. The van der Waals surface area contributed by atoms with Crippen LogP contribution in [-0.4, -0.2) is 111 Å². The normalized spacial score (nSPS) is 12.8. The van der Waals surface area contributed by atoms with Gasteiger partial charge in [-0.15, -0.1) is 0 Å². The second-order valence-electron chi connectivity index (χ2n) is 9.18. The Bertz CT molecular complexity index is 1170. The number of nitrogens with zero attached hydrogens (tertiary/aromatic N) is 2. The van der Waals surface area contributed by atoms with Crippen LogP contribution in [0, 0.1) is 0 Å². The first-order valence-electron chi connectivity index (χ1n) is 12.3. The maximum atomic E-state index is 11.8. The molecule has 0 fully saturated rings. The zero-order chi connectivity index (χ0) is 30.0. The SMILES string of the molecule is O=C(O)CN(Cc1c(O)cc(CO)cc1CO)C(CO)C(CO)N(CC(=O)O)Cc1c(O)ccc(CO)c1CO.[Fe+2]. The van der Waals surface area contributed by atoms with Crippen molar-refractivity contribution < 1.29 is 77.7 Å². The van der Waals surface area contributed by atoms with Gasteiger partial charge in [-0.25, -0.2) is 0 Å². The van der Waals surface area contributed by atoms with E-state index in [2.05, 4.69) is 0 Å². The van der Waals surface area contributed by atoms with Gasteiger partial charge < -0.3 is 51.1 Å². The topological polar surface area (TPSA) is 243 Å². The summed E-state index contributed by atoms with van der Waals surface area (Å²) in [6, 6.07) is 2.78. The molecule has 2 aromatic carbocycles. The molecule has 41 heavy (non-hydrogen) atoms. The van der Waals surface area contributed by atoms with Gasteiger partial charge in [-0.3, -0.25) is 19.4 Å². The number of aliphatic hydroxyl groups is 6. The number of carboxylic acid groups (broad SMARTS) is 2. The van der Waals surface area contributed by atoms with E-state index in [1.807, 2.05) is 0 Å². The van der Waals surface area contributed by atoms with E-state index >= 15 is 0 Å². The molecule has 0 saturated carbocycles. The molecule has 0 saturated heterocycles. The Morgan fingerprint density at radius 3 is 1.56 bits per heavy atom. The van der Waals surface area contributed by atoms with Gasteiger partial charge in [-0.1, -0.05) is 12.1 Å². The molecule has 2 aromatic rings. The molecule has 2 unspecified atom stereocenters. The van der Waals surface area contributed by atoms with E-state index < -0.39 is 76.8 Å². The largest absolute Gasteiger partial charge is 2.00 e. The maximum absolute atomic E-state index is 11.8. The van der Waals surface area contributed by atoms with Gasteiger partial charge in [0, 0.05) is 24.2 Å². The van der Waals surface area contributed by atoms with Gasteiger partial charge >= 0.3 is 29.0 Å². The standard InChI is InChI=1S/C26H36N2O12.Fe/c29-9-15-3-17(11-31)18(24(36)4-15)5-27(7-25(37)38)21(13-33)22(14-34)28(8-26(39)40)6-19-20(12-32)16(10-30)1-2-23(19)35;/h1-4,21-22,29-36H,5-14H2,(H,37,38)(H,39,40);/q;+2. The molecular weight excluding hydrogens is 588 g/mol. The molecule has 14 nitrogen and oxygen atoms in total. The first kappa shape index (κ1) is 36.2. The molecule has 0 aromatic heterocycles. The van der Waals surface area contributed by atoms with E-state index in [4.69, 9.17) is 0 Å². The van der Waals surface area contributed by atoms with Crippen molar-refractivity contribution in [3.8, 4) is 11.5 Å². The van der Waals surface area contributed by atoms with E-state index in [0.717, 1.165) is 0 Å². The second-order valence-corrected chi connectivity index (χ2v) is 9.18. The number of carboxylic acids is 2. The summed E-state index contributed by atoms with van der Waals surface area (Å²) in [7, 11) is 0. The Labute approximate surface area is 246 Å². The molecule has 228 valence electrons. The molecule has 0 aliphatic heterocycles. The Morgan fingerprint density at radius 1 is 0.634 bits per heavy atom. The monoisotopic (exact) mass is 624 g/mol. The minimum atomic E-state index is -1.34. The molecule has 2 rings (SSSR count). The average molecular weight is 624 g/mol. The van der Waals surface area contributed by atoms with Gasteiger partial charge in [-0.05, 0) is 34.4 Å². The maximum Gasteiger partial charge on any atom is 2.00 e. The van der Waals surface area contributed by atoms with Crippen molar-refractivity contribution >= 4 is 11.9 Å². The van der Waals surface area contributed by atoms with E-state index in [0.29, 0.717) is 5.56 Å². The van der Waals surface area contributed by atoms with Gasteiger partial charge in [0.25, 0.3) is 0 Å². The van der Waals surface area contributed by atoms with Crippen LogP contribution in [0.5, 0.6) is 11.5 Å². The van der Waals surface area contributed by atoms with Gasteiger partial charge in [0.05, 0.1) is 64.8 Å². The number of aliphatic carboxylic acids is 2. The molecule has 0 aliphatic carbocycles. The zero-order valence-electron chi connectivity index (χ0n) is 22.1. The van der Waals surface area contributed by atoms with Crippen LogP contribution in [0.4, 0.5) is 0 Å². The second kappa shape index (κ2) is 17.2. The Morgan fingerprint density at radius 2 is 1.15 bits per heavy atom. The van der Waals surface area contributed by atoms with Crippen LogP contribution in [0.1, 0.15) is 33.4 Å². The van der Waals surface area contributed by atoms with Crippen LogP contribution in [-0.2, 0) is 66.2 Å². The van der Waals surface area contributed by atoms with Crippen LogP contribution >= 0.6 is 0 Å². The predicted molar refractivity (Wildman–Crippen MR) is 138 cm³/mol. The number of aliphatic hydroxyl groups excluding tert-OH is 6. The number of carbonyl (C=O) groups is 2. The molecule has 0 heterocycles. The predicted octanol–water partition coefficient (Wildman–Crippen LogP) is -1.74. The van der Waals surface area contributed by atoms with Crippen LogP contribution in [0.25, 0.3) is 0 Å². The number of benzene rings is 2. The number of hydrogen-bond acceptors (Lipinski definition) is 12. The molecule has 0 amide bonds. The van der Waals surface area contributed by atoms with Crippen molar-refractivity contribution in [2.75, 3.05) is 26.3 Å². The van der Waals surface area contributed by atoms with Gasteiger partial charge in [0.2, 0.25) is 0 Å². The van der Waals surface area contributed by atoms with Gasteiger partial charge in [0.15, 0.2) is 0 Å². The van der Waals surface area contributed by atoms with Crippen LogP contribution in [0.2, 0.25) is 0 Å². The van der Waals surface area contributed by atoms with Crippen molar-refractivity contribution in [1.29, 1.82) is 0 Å². The first-order chi connectivity index (χ1) is 19.0. The van der Waals surface area contributed by atoms with Crippen molar-refractivity contribution in [3.63, 3.8) is 0 Å². The fourth-order valence-corrected chi connectivity index (χ4v) is 4.74. The number of rotatable bonds is 17. The smallest absolute Gasteiger partial charge is 0.508 e. The number of aromatic hydroxyl groups is 2. The average Bonchev–Trinajstić information content (AvgIpc) is 2.91. The number of phenols is 2. The van der Waals surface area contributed by atoms with Crippen LogP contribution in [0.15, 0.2) is 24.3 Å². The third kappa shape index (κ3) is 9.34. The van der Waals surface area contributed by atoms with Gasteiger partial charge in [0.1, 0.15) is 11.5 Å². The van der Waals surface area contributed by atoms with Crippen LogP contribution in [0.3, 0.4) is 0 Å². The molecule has 0 spiro atoms. The van der Waals surface area contributed by atoms with Crippen molar-refractivity contribution in [3.05, 3.63) is 57.6 Å². The van der Waals surface area contributed by atoms with E-state index in [1.165, 1.54) is 34.1 Å². The van der Waals surface area contributed by atoms with E-state index in [1.54, 1.807) is 0 Å². The molecule has 0 aliphatic rings. The zero-order valence-corrected chi connectivity index (χ0v) is 23.2. The third-order valence-electron chi connectivity index (χ3n) is 6.72. The Kier molecular flexibility index (Phi) is 15.2. The van der Waals surface area contributed by atoms with Crippen LogP contribution < -0.4 is 0 Å². The van der Waals surface area contributed by atoms with Gasteiger partial charge in [-0.2, -0.15) is 0 Å².